The van der Waals surface area contributed by atoms with Crippen LogP contribution in [-0.2, 0) is 0 Å². The van der Waals surface area contributed by atoms with Crippen LogP contribution in [0.3, 0.4) is 0 Å². The minimum Gasteiger partial charge on any atom is -0.507 e. The lowest BCUT2D eigenvalue weighted by atomic mass is 10.0. The Hall–Kier alpha value is -2.00. The van der Waals surface area contributed by atoms with Crippen LogP contribution < -0.4 is 0 Å². The van der Waals surface area contributed by atoms with Gasteiger partial charge in [0.1, 0.15) is 5.75 Å². The van der Waals surface area contributed by atoms with Crippen LogP contribution >= 0.6 is 0 Å². The topological polar surface area (TPSA) is 86.1 Å². The summed E-state index contributed by atoms with van der Waals surface area (Å²) in [5.74, 6) is -0.131. The van der Waals surface area contributed by atoms with Crippen molar-refractivity contribution in [2.45, 2.75) is 19.8 Å². The summed E-state index contributed by atoms with van der Waals surface area (Å²) >= 11 is 0. The molecule has 0 heterocycles. The molecule has 0 saturated heterocycles. The van der Waals surface area contributed by atoms with Gasteiger partial charge in [-0.1, -0.05) is 16.7 Å². The molecule has 0 bridgehead atoms. The van der Waals surface area contributed by atoms with Gasteiger partial charge in [-0.3, -0.25) is 4.79 Å². The lowest BCUT2D eigenvalue weighted by Crippen LogP contribution is -2.00. The van der Waals surface area contributed by atoms with E-state index in [1.165, 1.54) is 6.07 Å². The fraction of sp³-hybridized carbons (Fsp3) is 0.364. The van der Waals surface area contributed by atoms with Gasteiger partial charge in [0.25, 0.3) is 0 Å². The molecule has 5 heteroatoms. The molecular formula is C11H13N3O2. The summed E-state index contributed by atoms with van der Waals surface area (Å²) in [4.78, 5) is 14.3. The zero-order valence-corrected chi connectivity index (χ0v) is 9.05. The molecule has 0 aromatic heterocycles. The number of hydrogen-bond acceptors (Lipinski definition) is 3. The van der Waals surface area contributed by atoms with Gasteiger partial charge in [-0.2, -0.15) is 0 Å². The molecule has 0 spiro atoms. The van der Waals surface area contributed by atoms with Crippen LogP contribution in [-0.4, -0.2) is 17.4 Å². The average Bonchev–Trinajstić information content (AvgIpc) is 2.27. The number of phenols is 1. The summed E-state index contributed by atoms with van der Waals surface area (Å²) in [5, 5.41) is 12.8. The number of aromatic hydroxyl groups is 1. The van der Waals surface area contributed by atoms with Crippen LogP contribution in [0.1, 0.15) is 28.8 Å². The normalized spacial score (nSPS) is 9.56. The van der Waals surface area contributed by atoms with Crippen LogP contribution in [0.25, 0.3) is 10.4 Å². The third-order valence-electron chi connectivity index (χ3n) is 2.18. The predicted molar refractivity (Wildman–Crippen MR) is 60.4 cm³/mol. The minimum atomic E-state index is -0.130. The van der Waals surface area contributed by atoms with E-state index in [9.17, 15) is 9.90 Å². The third-order valence-corrected chi connectivity index (χ3v) is 2.18. The van der Waals surface area contributed by atoms with Crippen molar-refractivity contribution in [2.75, 3.05) is 6.54 Å². The van der Waals surface area contributed by atoms with Crippen LogP contribution in [0.4, 0.5) is 0 Å². The molecule has 0 amide bonds. The standard InChI is InChI=1S/C11H13N3O2/c1-8-4-5-11(16)9(7-8)10(15)3-2-6-13-14-12/h4-5,7,16H,2-3,6H2,1H3. The van der Waals surface area contributed by atoms with E-state index >= 15 is 0 Å². The highest BCUT2D eigenvalue weighted by Crippen LogP contribution is 2.20. The van der Waals surface area contributed by atoms with Gasteiger partial charge >= 0.3 is 0 Å². The average molecular weight is 219 g/mol. The van der Waals surface area contributed by atoms with Gasteiger partial charge in [-0.25, -0.2) is 0 Å². The van der Waals surface area contributed by atoms with Crippen molar-refractivity contribution in [2.24, 2.45) is 5.11 Å². The molecule has 16 heavy (non-hydrogen) atoms. The van der Waals surface area contributed by atoms with Gasteiger partial charge in [-0.15, -0.1) is 0 Å². The van der Waals surface area contributed by atoms with E-state index in [-0.39, 0.29) is 18.0 Å². The molecule has 0 saturated carbocycles. The summed E-state index contributed by atoms with van der Waals surface area (Å²) in [6.45, 7) is 2.16. The number of aryl methyl sites for hydroxylation is 1. The first-order valence-corrected chi connectivity index (χ1v) is 4.99. The van der Waals surface area contributed by atoms with E-state index in [0.717, 1.165) is 5.56 Å². The molecule has 0 radical (unpaired) electrons. The van der Waals surface area contributed by atoms with Crippen molar-refractivity contribution >= 4 is 5.78 Å². The van der Waals surface area contributed by atoms with Crippen molar-refractivity contribution in [1.29, 1.82) is 0 Å². The maximum absolute atomic E-state index is 11.7. The summed E-state index contributed by atoms with van der Waals surface area (Å²) in [5.41, 5.74) is 9.32. The quantitative estimate of drug-likeness (QED) is 0.271. The van der Waals surface area contributed by atoms with Gasteiger partial charge in [0.15, 0.2) is 5.78 Å². The first kappa shape index (κ1) is 12.1. The van der Waals surface area contributed by atoms with Gasteiger partial charge in [-0.05, 0) is 31.0 Å². The molecule has 1 N–H and O–H groups in total. The van der Waals surface area contributed by atoms with Crippen molar-refractivity contribution in [1.82, 2.24) is 0 Å². The van der Waals surface area contributed by atoms with Gasteiger partial charge in [0, 0.05) is 17.9 Å². The first-order chi connectivity index (χ1) is 7.65. The number of carbonyl (C=O) groups excluding carboxylic acids is 1. The summed E-state index contributed by atoms with van der Waals surface area (Å²) in [6.07, 6.45) is 0.770. The number of nitrogens with zero attached hydrogens (tertiary/aromatic N) is 3. The molecule has 0 aliphatic rings. The Morgan fingerprint density at radius 1 is 1.56 bits per heavy atom. The molecular weight excluding hydrogens is 206 g/mol. The first-order valence-electron chi connectivity index (χ1n) is 4.99. The number of azide groups is 1. The lowest BCUT2D eigenvalue weighted by molar-refractivity contribution is 0.0978. The molecule has 5 nitrogen and oxygen atoms in total. The van der Waals surface area contributed by atoms with Gasteiger partial charge in [0.05, 0.1) is 5.56 Å². The third kappa shape index (κ3) is 3.29. The molecule has 1 aromatic rings. The summed E-state index contributed by atoms with van der Waals surface area (Å²) in [6, 6.07) is 4.91. The molecule has 0 fully saturated rings. The highest BCUT2D eigenvalue weighted by atomic mass is 16.3. The van der Waals surface area contributed by atoms with Gasteiger partial charge < -0.3 is 5.11 Å². The van der Waals surface area contributed by atoms with Crippen molar-refractivity contribution in [3.8, 4) is 5.75 Å². The van der Waals surface area contributed by atoms with Crippen LogP contribution in [0.5, 0.6) is 5.75 Å². The fourth-order valence-corrected chi connectivity index (χ4v) is 1.36. The number of carbonyl (C=O) groups is 1. The van der Waals surface area contributed by atoms with Crippen molar-refractivity contribution < 1.29 is 9.90 Å². The van der Waals surface area contributed by atoms with E-state index in [1.807, 2.05) is 6.92 Å². The molecule has 84 valence electrons. The number of phenolic OH excluding ortho intramolecular Hbond substituents is 1. The number of benzene rings is 1. The molecule has 1 rings (SSSR count). The summed E-state index contributed by atoms with van der Waals surface area (Å²) in [7, 11) is 0. The van der Waals surface area contributed by atoms with E-state index < -0.39 is 0 Å². The Balaban J connectivity index is 2.65. The minimum absolute atomic E-state index is 0.000570. The lowest BCUT2D eigenvalue weighted by Gasteiger charge is -2.04. The molecule has 0 aliphatic heterocycles. The van der Waals surface area contributed by atoms with Crippen LogP contribution in [0.15, 0.2) is 23.3 Å². The molecule has 0 aliphatic carbocycles. The van der Waals surface area contributed by atoms with E-state index in [2.05, 4.69) is 10.0 Å². The van der Waals surface area contributed by atoms with Crippen LogP contribution in [0, 0.1) is 6.92 Å². The molecule has 0 atom stereocenters. The second kappa shape index (κ2) is 5.78. The van der Waals surface area contributed by atoms with Gasteiger partial charge in [0.2, 0.25) is 0 Å². The van der Waals surface area contributed by atoms with E-state index in [1.54, 1.807) is 12.1 Å². The Bertz CT molecular complexity index is 437. The largest absolute Gasteiger partial charge is 0.507 e. The number of Topliss-reactive ketones (excluding diaryl/α,β-unsaturated/α-hetero) is 1. The smallest absolute Gasteiger partial charge is 0.166 e. The van der Waals surface area contributed by atoms with E-state index in [4.69, 9.17) is 5.53 Å². The van der Waals surface area contributed by atoms with Crippen LogP contribution in [0.2, 0.25) is 0 Å². The maximum atomic E-state index is 11.7. The fourth-order valence-electron chi connectivity index (χ4n) is 1.36. The second-order valence-corrected chi connectivity index (χ2v) is 3.50. The summed E-state index contributed by atoms with van der Waals surface area (Å²) < 4.78 is 0. The number of rotatable bonds is 5. The monoisotopic (exact) mass is 219 g/mol. The Morgan fingerprint density at radius 3 is 3.00 bits per heavy atom. The predicted octanol–water partition coefficient (Wildman–Crippen LogP) is 2.97. The van der Waals surface area contributed by atoms with E-state index in [0.29, 0.717) is 18.5 Å². The molecule has 0 unspecified atom stereocenters. The second-order valence-electron chi connectivity index (χ2n) is 3.50. The molecule has 1 aromatic carbocycles. The zero-order valence-electron chi connectivity index (χ0n) is 9.05. The Labute approximate surface area is 93.3 Å². The highest BCUT2D eigenvalue weighted by Gasteiger charge is 2.10. The number of hydrogen-bond donors (Lipinski definition) is 1. The number of ketones is 1. The Kier molecular flexibility index (Phi) is 4.36. The Morgan fingerprint density at radius 2 is 2.31 bits per heavy atom. The van der Waals surface area contributed by atoms with Crippen molar-refractivity contribution in [3.63, 3.8) is 0 Å². The highest BCUT2D eigenvalue weighted by molar-refractivity contribution is 5.98. The van der Waals surface area contributed by atoms with Crippen molar-refractivity contribution in [3.05, 3.63) is 39.8 Å². The SMILES string of the molecule is Cc1ccc(O)c(C(=O)CCCN=[N+]=[N-])c1. The zero-order chi connectivity index (χ0) is 12.0. The maximum Gasteiger partial charge on any atom is 0.166 e.